The molecule has 6 heteroatoms. The molecule has 1 unspecified atom stereocenters. The standard InChI is InChI=1S/C61H88N6/c1-6-10-14-17-20-21-22-23-24-25-30-47-61(5)66(48-31-26-18-15-11-7-2)58-38-33-37-54-57(45-46-59(60(54)58)67(61)49-32-27-19-16-12-8-3)65-64-56-44-43-55(52-35-28-29-36-53(52)56)63-62-51-41-39-50(40-42-51)34-13-9-4/h28-29,33,35-46H,6-27,30-32,34,47-49H2,1-5H3/b63-62+,65-64+. The quantitative estimate of drug-likeness (QED) is 0.0311. The molecule has 0 fully saturated rings. The lowest BCUT2D eigenvalue weighted by molar-refractivity contribution is 0.341. The van der Waals surface area contributed by atoms with E-state index in [9.17, 15) is 0 Å². The zero-order valence-corrected chi connectivity index (χ0v) is 42.8. The van der Waals surface area contributed by atoms with E-state index in [0.29, 0.717) is 0 Å². The Kier molecular flexibility index (Phi) is 22.2. The first-order valence-electron chi connectivity index (χ1n) is 27.6. The fraction of sp³-hybridized carbons (Fsp3) is 0.574. The van der Waals surface area contributed by atoms with Gasteiger partial charge in [0.1, 0.15) is 5.66 Å². The lowest BCUT2D eigenvalue weighted by Crippen LogP contribution is -2.62. The topological polar surface area (TPSA) is 55.9 Å². The number of hydrogen-bond acceptors (Lipinski definition) is 6. The lowest BCUT2D eigenvalue weighted by Gasteiger charge is -2.55. The third-order valence-corrected chi connectivity index (χ3v) is 14.6. The number of aryl methyl sites for hydroxylation is 1. The highest BCUT2D eigenvalue weighted by Gasteiger charge is 2.42. The van der Waals surface area contributed by atoms with E-state index < -0.39 is 0 Å². The summed E-state index contributed by atoms with van der Waals surface area (Å²) in [5, 5.41) is 24.0. The molecule has 362 valence electrons. The molecule has 5 aromatic carbocycles. The van der Waals surface area contributed by atoms with E-state index in [1.54, 1.807) is 0 Å². The second kappa shape index (κ2) is 28.7. The molecule has 1 heterocycles. The van der Waals surface area contributed by atoms with Gasteiger partial charge in [0.05, 0.1) is 22.7 Å². The van der Waals surface area contributed by atoms with E-state index in [1.165, 1.54) is 195 Å². The zero-order chi connectivity index (χ0) is 46.9. The number of fused-ring (bicyclic) bond motifs is 1. The summed E-state index contributed by atoms with van der Waals surface area (Å²) in [6.45, 7) is 13.9. The summed E-state index contributed by atoms with van der Waals surface area (Å²) >= 11 is 0. The number of unbranched alkanes of at least 4 members (excludes halogenated alkanes) is 21. The minimum absolute atomic E-state index is 0.0908. The Morgan fingerprint density at radius 1 is 0.373 bits per heavy atom. The van der Waals surface area contributed by atoms with E-state index in [0.717, 1.165) is 53.0 Å². The second-order valence-electron chi connectivity index (χ2n) is 20.0. The summed E-state index contributed by atoms with van der Waals surface area (Å²) in [6.07, 6.45) is 35.4. The summed E-state index contributed by atoms with van der Waals surface area (Å²) < 4.78 is 0. The molecule has 6 rings (SSSR count). The first kappa shape index (κ1) is 51.8. The van der Waals surface area contributed by atoms with Crippen LogP contribution in [-0.4, -0.2) is 18.8 Å². The third kappa shape index (κ3) is 15.0. The van der Waals surface area contributed by atoms with Gasteiger partial charge in [0.25, 0.3) is 0 Å². The van der Waals surface area contributed by atoms with E-state index >= 15 is 0 Å². The molecule has 0 spiro atoms. The summed E-state index contributed by atoms with van der Waals surface area (Å²) in [6, 6.07) is 32.5. The Morgan fingerprint density at radius 2 is 0.791 bits per heavy atom. The molecule has 0 aromatic heterocycles. The molecule has 0 saturated heterocycles. The fourth-order valence-corrected chi connectivity index (χ4v) is 10.5. The van der Waals surface area contributed by atoms with Crippen LogP contribution in [0, 0.1) is 0 Å². The van der Waals surface area contributed by atoms with Crippen molar-refractivity contribution in [3.05, 3.63) is 96.6 Å². The van der Waals surface area contributed by atoms with Crippen molar-refractivity contribution >= 4 is 55.7 Å². The van der Waals surface area contributed by atoms with Gasteiger partial charge >= 0.3 is 0 Å². The van der Waals surface area contributed by atoms with Gasteiger partial charge in [-0.25, -0.2) is 0 Å². The molecule has 0 amide bonds. The van der Waals surface area contributed by atoms with E-state index in [-0.39, 0.29) is 5.66 Å². The Balaban J connectivity index is 1.27. The molecule has 0 N–H and O–H groups in total. The van der Waals surface area contributed by atoms with Crippen molar-refractivity contribution in [3.63, 3.8) is 0 Å². The average molecular weight is 905 g/mol. The molecule has 1 aliphatic heterocycles. The molecule has 67 heavy (non-hydrogen) atoms. The maximum absolute atomic E-state index is 5.09. The number of azo groups is 2. The fourth-order valence-electron chi connectivity index (χ4n) is 10.5. The van der Waals surface area contributed by atoms with Crippen LogP contribution in [0.15, 0.2) is 111 Å². The number of rotatable bonds is 33. The van der Waals surface area contributed by atoms with Gasteiger partial charge in [-0.2, -0.15) is 5.11 Å². The Bertz CT molecular complexity index is 2210. The maximum atomic E-state index is 5.09. The van der Waals surface area contributed by atoms with Gasteiger partial charge in [-0.05, 0) is 93.5 Å². The van der Waals surface area contributed by atoms with Gasteiger partial charge in [-0.15, -0.1) is 15.3 Å². The summed E-state index contributed by atoms with van der Waals surface area (Å²) in [5.41, 5.74) is 7.46. The molecule has 1 aliphatic rings. The van der Waals surface area contributed by atoms with Crippen LogP contribution in [0.4, 0.5) is 34.1 Å². The largest absolute Gasteiger partial charge is 0.348 e. The van der Waals surface area contributed by atoms with Crippen LogP contribution in [-0.2, 0) is 6.42 Å². The van der Waals surface area contributed by atoms with Crippen molar-refractivity contribution in [2.45, 2.75) is 214 Å². The van der Waals surface area contributed by atoms with Crippen LogP contribution >= 0.6 is 0 Å². The molecule has 0 radical (unpaired) electrons. The van der Waals surface area contributed by atoms with Crippen LogP contribution in [0.1, 0.15) is 207 Å². The van der Waals surface area contributed by atoms with Crippen molar-refractivity contribution in [3.8, 4) is 0 Å². The van der Waals surface area contributed by atoms with Crippen LogP contribution < -0.4 is 9.80 Å². The molecule has 6 nitrogen and oxygen atoms in total. The van der Waals surface area contributed by atoms with Gasteiger partial charge in [-0.3, -0.25) is 0 Å². The number of benzene rings is 5. The first-order valence-corrected chi connectivity index (χ1v) is 27.6. The SMILES string of the molecule is CCCCCCCCCCCCCC1(C)N(CCCCCCCC)c2cccc3c(/N=N/c4ccc(/N=N/c5ccc(CCCC)cc5)c5ccccc45)ccc(c23)N1CCCCCCCC. The summed E-state index contributed by atoms with van der Waals surface area (Å²) in [4.78, 5) is 5.69. The van der Waals surface area contributed by atoms with Gasteiger partial charge in [-0.1, -0.05) is 211 Å². The molecular weight excluding hydrogens is 817 g/mol. The maximum Gasteiger partial charge on any atom is 0.110 e. The second-order valence-corrected chi connectivity index (χ2v) is 20.0. The van der Waals surface area contributed by atoms with Crippen LogP contribution in [0.5, 0.6) is 0 Å². The minimum Gasteiger partial charge on any atom is -0.348 e. The molecule has 0 bridgehead atoms. The highest BCUT2D eigenvalue weighted by Crippen LogP contribution is 2.50. The molecule has 1 atom stereocenters. The molecule has 0 saturated carbocycles. The van der Waals surface area contributed by atoms with Crippen molar-refractivity contribution in [2.75, 3.05) is 22.9 Å². The Morgan fingerprint density at radius 3 is 1.31 bits per heavy atom. The van der Waals surface area contributed by atoms with E-state index in [1.807, 2.05) is 12.1 Å². The number of nitrogens with zero attached hydrogens (tertiary/aromatic N) is 6. The molecule has 0 aliphatic carbocycles. The number of hydrogen-bond donors (Lipinski definition) is 0. The highest BCUT2D eigenvalue weighted by molar-refractivity contribution is 6.10. The van der Waals surface area contributed by atoms with Crippen molar-refractivity contribution in [1.29, 1.82) is 0 Å². The van der Waals surface area contributed by atoms with Crippen molar-refractivity contribution < 1.29 is 0 Å². The minimum atomic E-state index is -0.0908. The summed E-state index contributed by atoms with van der Waals surface area (Å²) in [7, 11) is 0. The summed E-state index contributed by atoms with van der Waals surface area (Å²) in [5.74, 6) is 0. The van der Waals surface area contributed by atoms with Crippen LogP contribution in [0.25, 0.3) is 21.5 Å². The van der Waals surface area contributed by atoms with Crippen LogP contribution in [0.2, 0.25) is 0 Å². The first-order chi connectivity index (χ1) is 33.0. The van der Waals surface area contributed by atoms with Gasteiger partial charge < -0.3 is 9.80 Å². The predicted molar refractivity (Wildman–Crippen MR) is 292 cm³/mol. The van der Waals surface area contributed by atoms with E-state index in [2.05, 4.69) is 128 Å². The van der Waals surface area contributed by atoms with Gasteiger partial charge in [0, 0.05) is 46.0 Å². The average Bonchev–Trinajstić information content (AvgIpc) is 3.35. The van der Waals surface area contributed by atoms with Gasteiger partial charge in [0.15, 0.2) is 0 Å². The van der Waals surface area contributed by atoms with Gasteiger partial charge in [0.2, 0.25) is 0 Å². The third-order valence-electron chi connectivity index (χ3n) is 14.6. The predicted octanol–water partition coefficient (Wildman–Crippen LogP) is 20.9. The number of anilines is 2. The van der Waals surface area contributed by atoms with Crippen LogP contribution in [0.3, 0.4) is 0 Å². The highest BCUT2D eigenvalue weighted by atomic mass is 15.4. The van der Waals surface area contributed by atoms with E-state index in [4.69, 9.17) is 15.3 Å². The Hall–Kier alpha value is -4.58. The van der Waals surface area contributed by atoms with Crippen molar-refractivity contribution in [1.82, 2.24) is 0 Å². The van der Waals surface area contributed by atoms with Crippen molar-refractivity contribution in [2.24, 2.45) is 20.5 Å². The normalized spacial score (nSPS) is 15.1. The Labute approximate surface area is 407 Å². The monoisotopic (exact) mass is 905 g/mol. The molecular formula is C61H88N6. The lowest BCUT2D eigenvalue weighted by atomic mass is 9.90. The zero-order valence-electron chi connectivity index (χ0n) is 42.8. The molecule has 5 aromatic rings. The smallest absolute Gasteiger partial charge is 0.110 e.